The fourth-order valence-corrected chi connectivity index (χ4v) is 2.86. The molecule has 0 saturated carbocycles. The fraction of sp³-hybridized carbons (Fsp3) is 0.625. The minimum Gasteiger partial charge on any atom is -0.497 e. The zero-order valence-electron chi connectivity index (χ0n) is 12.2. The summed E-state index contributed by atoms with van der Waals surface area (Å²) in [7, 11) is 3.38. The molecule has 19 heavy (non-hydrogen) atoms. The molecule has 1 aromatic rings. The Morgan fingerprint density at radius 2 is 1.79 bits per heavy atom. The third-order valence-corrected chi connectivity index (χ3v) is 4.29. The first-order valence-corrected chi connectivity index (χ1v) is 8.00. The number of benzene rings is 1. The van der Waals surface area contributed by atoms with E-state index < -0.39 is 0 Å². The number of ether oxygens (including phenoxy) is 2. The number of hydrogen-bond donors (Lipinski definition) is 0. The van der Waals surface area contributed by atoms with Crippen LogP contribution in [0.15, 0.2) is 18.2 Å². The Labute approximate surface area is 125 Å². The van der Waals surface area contributed by atoms with Crippen molar-refractivity contribution < 1.29 is 9.47 Å². The van der Waals surface area contributed by atoms with Gasteiger partial charge in [-0.25, -0.2) is 0 Å². The first-order chi connectivity index (χ1) is 9.22. The van der Waals surface area contributed by atoms with E-state index in [4.69, 9.17) is 9.47 Å². The van der Waals surface area contributed by atoms with Gasteiger partial charge in [-0.15, -0.1) is 0 Å². The molecule has 1 aromatic carbocycles. The lowest BCUT2D eigenvalue weighted by Gasteiger charge is -2.15. The molecule has 0 aromatic heterocycles. The Morgan fingerprint density at radius 3 is 2.42 bits per heavy atom. The topological polar surface area (TPSA) is 18.5 Å². The molecule has 0 aliphatic carbocycles. The largest absolute Gasteiger partial charge is 0.497 e. The van der Waals surface area contributed by atoms with E-state index in [1.165, 1.54) is 37.7 Å². The summed E-state index contributed by atoms with van der Waals surface area (Å²) in [5.41, 5.74) is 1.21. The van der Waals surface area contributed by atoms with Gasteiger partial charge in [0, 0.05) is 16.5 Å². The highest BCUT2D eigenvalue weighted by molar-refractivity contribution is 9.09. The van der Waals surface area contributed by atoms with E-state index in [0.29, 0.717) is 4.83 Å². The summed E-state index contributed by atoms with van der Waals surface area (Å²) in [5.74, 6) is 1.73. The number of hydrogen-bond acceptors (Lipinski definition) is 2. The molecule has 2 nitrogen and oxygen atoms in total. The average Bonchev–Trinajstić information content (AvgIpc) is 2.46. The van der Waals surface area contributed by atoms with Gasteiger partial charge in [0.1, 0.15) is 11.5 Å². The monoisotopic (exact) mass is 328 g/mol. The maximum Gasteiger partial charge on any atom is 0.126 e. The number of unbranched alkanes of at least 4 members (excludes halogenated alkanes) is 4. The highest BCUT2D eigenvalue weighted by Crippen LogP contribution is 2.37. The van der Waals surface area contributed by atoms with Crippen LogP contribution < -0.4 is 9.47 Å². The molecule has 0 heterocycles. The zero-order valence-corrected chi connectivity index (χ0v) is 13.8. The van der Waals surface area contributed by atoms with Crippen LogP contribution in [0.2, 0.25) is 0 Å². The summed E-state index contributed by atoms with van der Waals surface area (Å²) in [6.45, 7) is 2.25. The van der Waals surface area contributed by atoms with Crippen molar-refractivity contribution >= 4 is 15.9 Å². The Bertz CT molecular complexity index is 366. The van der Waals surface area contributed by atoms with Gasteiger partial charge in [-0.3, -0.25) is 0 Å². The second kappa shape index (κ2) is 9.24. The van der Waals surface area contributed by atoms with E-state index >= 15 is 0 Å². The molecular formula is C16H25BrO2. The first-order valence-electron chi connectivity index (χ1n) is 7.09. The second-order valence-corrected chi connectivity index (χ2v) is 5.88. The summed E-state index contributed by atoms with van der Waals surface area (Å²) < 4.78 is 10.7. The number of rotatable bonds is 9. The Hall–Kier alpha value is -0.700. The molecule has 1 rings (SSSR count). The number of alkyl halides is 1. The molecule has 0 bridgehead atoms. The van der Waals surface area contributed by atoms with Gasteiger partial charge in [0.25, 0.3) is 0 Å². The third kappa shape index (κ3) is 5.43. The maximum atomic E-state index is 5.44. The Kier molecular flexibility index (Phi) is 7.96. The van der Waals surface area contributed by atoms with E-state index in [0.717, 1.165) is 17.9 Å². The fourth-order valence-electron chi connectivity index (χ4n) is 2.16. The molecule has 1 atom stereocenters. The van der Waals surface area contributed by atoms with Crippen molar-refractivity contribution in [2.45, 2.75) is 50.3 Å². The van der Waals surface area contributed by atoms with E-state index in [2.05, 4.69) is 28.9 Å². The molecule has 0 fully saturated rings. The van der Waals surface area contributed by atoms with Crippen LogP contribution in [0, 0.1) is 0 Å². The van der Waals surface area contributed by atoms with Crippen molar-refractivity contribution in [3.05, 3.63) is 23.8 Å². The molecule has 0 amide bonds. The summed E-state index contributed by atoms with van der Waals surface area (Å²) in [5, 5.41) is 0. The zero-order chi connectivity index (χ0) is 14.1. The first kappa shape index (κ1) is 16.4. The second-order valence-electron chi connectivity index (χ2n) is 4.78. The lowest BCUT2D eigenvalue weighted by molar-refractivity contribution is 0.390. The van der Waals surface area contributed by atoms with E-state index in [1.807, 2.05) is 12.1 Å². The van der Waals surface area contributed by atoms with Gasteiger partial charge in [0.2, 0.25) is 0 Å². The smallest absolute Gasteiger partial charge is 0.126 e. The molecule has 0 aliphatic rings. The molecule has 108 valence electrons. The van der Waals surface area contributed by atoms with Gasteiger partial charge in [0.15, 0.2) is 0 Å². The number of halogens is 1. The van der Waals surface area contributed by atoms with Crippen LogP contribution >= 0.6 is 15.9 Å². The van der Waals surface area contributed by atoms with Crippen LogP contribution in [0.4, 0.5) is 0 Å². The minimum absolute atomic E-state index is 0.356. The van der Waals surface area contributed by atoms with Gasteiger partial charge >= 0.3 is 0 Å². The van der Waals surface area contributed by atoms with Gasteiger partial charge in [0.05, 0.1) is 14.2 Å². The normalized spacial score (nSPS) is 12.2. The van der Waals surface area contributed by atoms with Crippen molar-refractivity contribution in [1.29, 1.82) is 0 Å². The SMILES string of the molecule is CCCCCCCC(Br)c1ccc(OC)cc1OC. The van der Waals surface area contributed by atoms with Crippen LogP contribution in [-0.4, -0.2) is 14.2 Å². The predicted molar refractivity (Wildman–Crippen MR) is 84.6 cm³/mol. The van der Waals surface area contributed by atoms with Gasteiger partial charge in [-0.2, -0.15) is 0 Å². The quantitative estimate of drug-likeness (QED) is 0.440. The van der Waals surface area contributed by atoms with Gasteiger partial charge < -0.3 is 9.47 Å². The van der Waals surface area contributed by atoms with E-state index in [1.54, 1.807) is 14.2 Å². The third-order valence-electron chi connectivity index (χ3n) is 3.34. The van der Waals surface area contributed by atoms with Crippen molar-refractivity contribution in [3.63, 3.8) is 0 Å². The Morgan fingerprint density at radius 1 is 1.05 bits per heavy atom. The molecule has 0 saturated heterocycles. The maximum absolute atomic E-state index is 5.44. The Balaban J connectivity index is 2.53. The average molecular weight is 329 g/mol. The molecule has 0 spiro atoms. The molecule has 3 heteroatoms. The van der Waals surface area contributed by atoms with Crippen molar-refractivity contribution in [2.24, 2.45) is 0 Å². The lowest BCUT2D eigenvalue weighted by atomic mass is 10.0. The lowest BCUT2D eigenvalue weighted by Crippen LogP contribution is -1.96. The molecule has 1 unspecified atom stereocenters. The van der Waals surface area contributed by atoms with Crippen LogP contribution in [0.1, 0.15) is 55.8 Å². The summed E-state index contributed by atoms with van der Waals surface area (Å²) in [4.78, 5) is 0.356. The van der Waals surface area contributed by atoms with Gasteiger partial charge in [-0.05, 0) is 12.5 Å². The number of methoxy groups -OCH3 is 2. The summed E-state index contributed by atoms with van der Waals surface area (Å²) >= 11 is 3.77. The summed E-state index contributed by atoms with van der Waals surface area (Å²) in [6, 6.07) is 6.02. The highest BCUT2D eigenvalue weighted by atomic mass is 79.9. The summed E-state index contributed by atoms with van der Waals surface area (Å²) in [6.07, 6.45) is 7.70. The van der Waals surface area contributed by atoms with Crippen LogP contribution in [0.5, 0.6) is 11.5 Å². The van der Waals surface area contributed by atoms with Gasteiger partial charge in [-0.1, -0.05) is 61.0 Å². The highest BCUT2D eigenvalue weighted by Gasteiger charge is 2.13. The standard InChI is InChI=1S/C16H25BrO2/c1-4-5-6-7-8-9-15(17)14-11-10-13(18-2)12-16(14)19-3/h10-12,15H,4-9H2,1-3H3. The predicted octanol–water partition coefficient (Wildman–Crippen LogP) is 5.50. The molecule has 0 aliphatic heterocycles. The van der Waals surface area contributed by atoms with Crippen molar-refractivity contribution in [3.8, 4) is 11.5 Å². The van der Waals surface area contributed by atoms with Crippen molar-refractivity contribution in [1.82, 2.24) is 0 Å². The molecule has 0 radical (unpaired) electrons. The molecule has 0 N–H and O–H groups in total. The van der Waals surface area contributed by atoms with Crippen LogP contribution in [0.3, 0.4) is 0 Å². The van der Waals surface area contributed by atoms with Crippen LogP contribution in [0.25, 0.3) is 0 Å². The molecular weight excluding hydrogens is 304 g/mol. The van der Waals surface area contributed by atoms with Crippen molar-refractivity contribution in [2.75, 3.05) is 14.2 Å². The minimum atomic E-state index is 0.356. The van der Waals surface area contributed by atoms with Crippen LogP contribution in [-0.2, 0) is 0 Å². The van der Waals surface area contributed by atoms with E-state index in [9.17, 15) is 0 Å². The van der Waals surface area contributed by atoms with E-state index in [-0.39, 0.29) is 0 Å².